The van der Waals surface area contributed by atoms with Crippen LogP contribution in [-0.4, -0.2) is 39.4 Å². The highest BCUT2D eigenvalue weighted by molar-refractivity contribution is 7.20. The van der Waals surface area contributed by atoms with Gasteiger partial charge in [0.15, 0.2) is 0 Å². The molecule has 0 aliphatic carbocycles. The van der Waals surface area contributed by atoms with E-state index in [9.17, 15) is 14.4 Å². The number of nitrogens with one attached hydrogen (secondary N) is 1. The molecule has 0 aliphatic rings. The van der Waals surface area contributed by atoms with Gasteiger partial charge < -0.3 is 14.8 Å². The van der Waals surface area contributed by atoms with Gasteiger partial charge in [-0.15, -0.1) is 11.3 Å². The summed E-state index contributed by atoms with van der Waals surface area (Å²) in [5, 5.41) is 3.30. The molecule has 28 heavy (non-hydrogen) atoms. The van der Waals surface area contributed by atoms with Crippen LogP contribution in [0.3, 0.4) is 0 Å². The van der Waals surface area contributed by atoms with Crippen molar-refractivity contribution in [3.63, 3.8) is 0 Å². The first-order chi connectivity index (χ1) is 13.4. The lowest BCUT2D eigenvalue weighted by Gasteiger charge is -2.18. The van der Waals surface area contributed by atoms with Gasteiger partial charge in [-0.25, -0.2) is 4.98 Å². The van der Waals surface area contributed by atoms with Gasteiger partial charge >= 0.3 is 0 Å². The normalized spacial score (nSPS) is 10.9. The zero-order chi connectivity index (χ0) is 20.4. The van der Waals surface area contributed by atoms with Crippen molar-refractivity contribution in [1.82, 2.24) is 14.5 Å². The number of carbonyl (C=O) groups excluding carboxylic acids is 2. The molecule has 8 heteroatoms. The summed E-state index contributed by atoms with van der Waals surface area (Å²) in [5.74, 6) is -0.337. The van der Waals surface area contributed by atoms with Crippen molar-refractivity contribution in [3.8, 4) is 0 Å². The van der Waals surface area contributed by atoms with E-state index in [1.807, 2.05) is 13.8 Å². The summed E-state index contributed by atoms with van der Waals surface area (Å²) in [5.41, 5.74) is 1.61. The van der Waals surface area contributed by atoms with Crippen molar-refractivity contribution in [2.75, 3.05) is 18.4 Å². The number of nitrogens with zero attached hydrogens (tertiary/aromatic N) is 3. The molecule has 0 bridgehead atoms. The molecule has 3 aromatic rings. The van der Waals surface area contributed by atoms with Crippen LogP contribution in [-0.2, 0) is 7.05 Å². The molecule has 0 saturated carbocycles. The Morgan fingerprint density at radius 1 is 1.18 bits per heavy atom. The average molecular weight is 398 g/mol. The minimum absolute atomic E-state index is 0.0369. The van der Waals surface area contributed by atoms with Crippen LogP contribution in [0.2, 0.25) is 0 Å². The summed E-state index contributed by atoms with van der Waals surface area (Å²) in [6.07, 6.45) is 1.45. The third kappa shape index (κ3) is 3.55. The zero-order valence-corrected chi connectivity index (χ0v) is 17.1. The molecule has 1 aromatic carbocycles. The van der Waals surface area contributed by atoms with Gasteiger partial charge in [0.25, 0.3) is 17.4 Å². The third-order valence-electron chi connectivity index (χ3n) is 4.66. The van der Waals surface area contributed by atoms with E-state index < -0.39 is 0 Å². The molecule has 2 heterocycles. The van der Waals surface area contributed by atoms with Crippen LogP contribution in [0.4, 0.5) is 5.69 Å². The van der Waals surface area contributed by atoms with Crippen molar-refractivity contribution in [2.45, 2.75) is 20.8 Å². The number of rotatable bonds is 5. The molecule has 3 rings (SSSR count). The zero-order valence-electron chi connectivity index (χ0n) is 16.3. The van der Waals surface area contributed by atoms with Crippen LogP contribution in [0.1, 0.15) is 39.4 Å². The lowest BCUT2D eigenvalue weighted by atomic mass is 10.1. The van der Waals surface area contributed by atoms with Gasteiger partial charge in [0, 0.05) is 31.4 Å². The number of hydrogen-bond donors (Lipinski definition) is 1. The Morgan fingerprint density at radius 2 is 1.82 bits per heavy atom. The topological polar surface area (TPSA) is 84.3 Å². The van der Waals surface area contributed by atoms with Gasteiger partial charge in [-0.3, -0.25) is 14.4 Å². The Kier molecular flexibility index (Phi) is 5.60. The molecule has 0 saturated heterocycles. The molecule has 0 aliphatic heterocycles. The fourth-order valence-corrected chi connectivity index (χ4v) is 4.04. The number of fused-ring (bicyclic) bond motifs is 1. The highest BCUT2D eigenvalue weighted by Crippen LogP contribution is 2.27. The van der Waals surface area contributed by atoms with Crippen LogP contribution in [0.15, 0.2) is 35.4 Å². The minimum Gasteiger partial charge on any atom is -0.339 e. The number of aromatic nitrogens is 2. The first-order valence-electron chi connectivity index (χ1n) is 9.02. The number of carbonyl (C=O) groups is 2. The fraction of sp³-hybridized carbons (Fsp3) is 0.300. The van der Waals surface area contributed by atoms with E-state index in [4.69, 9.17) is 0 Å². The molecule has 0 unspecified atom stereocenters. The Labute approximate surface area is 166 Å². The van der Waals surface area contributed by atoms with Gasteiger partial charge in [-0.2, -0.15) is 0 Å². The van der Waals surface area contributed by atoms with Crippen molar-refractivity contribution >= 4 is 39.1 Å². The smallest absolute Gasteiger partial charge is 0.266 e. The van der Waals surface area contributed by atoms with Crippen molar-refractivity contribution < 1.29 is 9.59 Å². The summed E-state index contributed by atoms with van der Waals surface area (Å²) < 4.78 is 1.40. The summed E-state index contributed by atoms with van der Waals surface area (Å²) in [6.45, 7) is 6.92. The third-order valence-corrected chi connectivity index (χ3v) is 5.86. The summed E-state index contributed by atoms with van der Waals surface area (Å²) in [4.78, 5) is 44.4. The molecule has 0 radical (unpaired) electrons. The summed E-state index contributed by atoms with van der Waals surface area (Å²) in [6, 6.07) is 6.81. The number of benzene rings is 1. The second-order valence-corrected chi connectivity index (χ2v) is 7.40. The van der Waals surface area contributed by atoms with E-state index in [1.165, 1.54) is 22.2 Å². The SMILES string of the molecule is CCN(CC)C(=O)c1ccc(NC(=O)c2sc3ncn(C)c(=O)c3c2C)cc1. The first-order valence-corrected chi connectivity index (χ1v) is 9.84. The van der Waals surface area contributed by atoms with Crippen molar-refractivity contribution in [1.29, 1.82) is 0 Å². The maximum Gasteiger partial charge on any atom is 0.266 e. The molecule has 2 aromatic heterocycles. The van der Waals surface area contributed by atoms with Crippen LogP contribution in [0.25, 0.3) is 10.2 Å². The minimum atomic E-state index is -0.301. The van der Waals surface area contributed by atoms with Crippen molar-refractivity contribution in [3.05, 3.63) is 57.0 Å². The van der Waals surface area contributed by atoms with Gasteiger partial charge in [0.05, 0.1) is 16.6 Å². The monoisotopic (exact) mass is 398 g/mol. The lowest BCUT2D eigenvalue weighted by molar-refractivity contribution is 0.0773. The molecule has 2 amide bonds. The van der Waals surface area contributed by atoms with Crippen molar-refractivity contribution in [2.24, 2.45) is 7.05 Å². The molecular formula is C20H22N4O3S. The Hall–Kier alpha value is -3.00. The molecule has 146 valence electrons. The largest absolute Gasteiger partial charge is 0.339 e. The highest BCUT2D eigenvalue weighted by atomic mass is 32.1. The fourth-order valence-electron chi connectivity index (χ4n) is 3.00. The number of amides is 2. The van der Waals surface area contributed by atoms with E-state index in [2.05, 4.69) is 10.3 Å². The molecule has 7 nitrogen and oxygen atoms in total. The predicted molar refractivity (Wildman–Crippen MR) is 111 cm³/mol. The van der Waals surface area contributed by atoms with E-state index in [-0.39, 0.29) is 17.4 Å². The second kappa shape index (κ2) is 7.93. The number of hydrogen-bond acceptors (Lipinski definition) is 5. The van der Waals surface area contributed by atoms with E-state index in [0.29, 0.717) is 45.0 Å². The standard InChI is InChI=1S/C20H22N4O3S/c1-5-24(6-2)19(26)13-7-9-14(10-8-13)22-17(25)16-12(3)15-18(28-16)21-11-23(4)20(15)27/h7-11H,5-6H2,1-4H3,(H,22,25). The van der Waals surface area contributed by atoms with Crippen LogP contribution in [0.5, 0.6) is 0 Å². The molecule has 0 fully saturated rings. The molecule has 0 atom stereocenters. The van der Waals surface area contributed by atoms with Crippen LogP contribution >= 0.6 is 11.3 Å². The first kappa shape index (κ1) is 19.8. The lowest BCUT2D eigenvalue weighted by Crippen LogP contribution is -2.30. The Balaban J connectivity index is 1.83. The summed E-state index contributed by atoms with van der Waals surface area (Å²) >= 11 is 1.19. The maximum absolute atomic E-state index is 12.7. The quantitative estimate of drug-likeness (QED) is 0.716. The predicted octanol–water partition coefficient (Wildman–Crippen LogP) is 3.04. The Morgan fingerprint density at radius 3 is 2.43 bits per heavy atom. The molecular weight excluding hydrogens is 376 g/mol. The molecule has 1 N–H and O–H groups in total. The number of anilines is 1. The van der Waals surface area contributed by atoms with Gasteiger partial charge in [-0.1, -0.05) is 0 Å². The average Bonchev–Trinajstić information content (AvgIpc) is 3.03. The number of aryl methyl sites for hydroxylation is 2. The van der Waals surface area contributed by atoms with E-state index >= 15 is 0 Å². The van der Waals surface area contributed by atoms with E-state index in [1.54, 1.807) is 43.1 Å². The van der Waals surface area contributed by atoms with E-state index in [0.717, 1.165) is 0 Å². The van der Waals surface area contributed by atoms with Gasteiger partial charge in [-0.05, 0) is 50.6 Å². The number of thiophene rings is 1. The second-order valence-electron chi connectivity index (χ2n) is 6.41. The van der Waals surface area contributed by atoms with Gasteiger partial charge in [0.2, 0.25) is 0 Å². The summed E-state index contributed by atoms with van der Waals surface area (Å²) in [7, 11) is 1.63. The molecule has 0 spiro atoms. The Bertz CT molecular complexity index is 1100. The van der Waals surface area contributed by atoms with Crippen LogP contribution < -0.4 is 10.9 Å². The van der Waals surface area contributed by atoms with Gasteiger partial charge in [0.1, 0.15) is 4.83 Å². The maximum atomic E-state index is 12.7. The van der Waals surface area contributed by atoms with Crippen LogP contribution in [0, 0.1) is 6.92 Å². The highest BCUT2D eigenvalue weighted by Gasteiger charge is 2.19.